The highest BCUT2D eigenvalue weighted by Gasteiger charge is 2.30. The Morgan fingerprint density at radius 2 is 2.31 bits per heavy atom. The largest absolute Gasteiger partial charge is 0.476 e. The Morgan fingerprint density at radius 3 is 2.94 bits per heavy atom. The number of rotatable bonds is 2. The number of carboxylic acids is 1. The van der Waals surface area contributed by atoms with Crippen molar-refractivity contribution in [3.05, 3.63) is 29.2 Å². The number of aryl methyl sites for hydroxylation is 1. The molecule has 0 amide bonds. The first-order valence-electron chi connectivity index (χ1n) is 5.25. The Hall–Kier alpha value is -1.91. The number of carboxylic acid groups (broad SMARTS) is 1. The van der Waals surface area contributed by atoms with Crippen molar-refractivity contribution in [3.63, 3.8) is 0 Å². The summed E-state index contributed by atoms with van der Waals surface area (Å²) in [5, 5.41) is 13.4. The van der Waals surface area contributed by atoms with E-state index in [1.807, 2.05) is 6.92 Å². The van der Waals surface area contributed by atoms with Gasteiger partial charge in [0.25, 0.3) is 0 Å². The molecule has 1 fully saturated rings. The fraction of sp³-hybridized carbons (Fsp3) is 0.364. The molecule has 2 heterocycles. The Morgan fingerprint density at radius 1 is 1.56 bits per heavy atom. The SMILES string of the molecule is Cc1cc2ncc(C3CC3)c(C(=O)O)n2n1. The second kappa shape index (κ2) is 3.04. The molecule has 0 aromatic carbocycles. The Balaban J connectivity index is 2.34. The zero-order valence-corrected chi connectivity index (χ0v) is 8.84. The van der Waals surface area contributed by atoms with Gasteiger partial charge in [-0.25, -0.2) is 14.3 Å². The van der Waals surface area contributed by atoms with E-state index < -0.39 is 5.97 Å². The van der Waals surface area contributed by atoms with E-state index in [0.717, 1.165) is 24.1 Å². The molecule has 0 atom stereocenters. The quantitative estimate of drug-likeness (QED) is 0.829. The molecule has 0 saturated heterocycles. The monoisotopic (exact) mass is 217 g/mol. The summed E-state index contributed by atoms with van der Waals surface area (Å²) < 4.78 is 1.44. The van der Waals surface area contributed by atoms with Gasteiger partial charge in [-0.05, 0) is 25.7 Å². The average Bonchev–Trinajstić information content (AvgIpc) is 2.98. The van der Waals surface area contributed by atoms with Crippen LogP contribution in [0.1, 0.15) is 40.5 Å². The minimum Gasteiger partial charge on any atom is -0.476 e. The molecule has 82 valence electrons. The first-order valence-corrected chi connectivity index (χ1v) is 5.25. The molecule has 5 nitrogen and oxygen atoms in total. The smallest absolute Gasteiger partial charge is 0.354 e. The van der Waals surface area contributed by atoms with Gasteiger partial charge in [-0.3, -0.25) is 0 Å². The second-order valence-corrected chi connectivity index (χ2v) is 4.20. The third kappa shape index (κ3) is 1.28. The number of aromatic nitrogens is 3. The summed E-state index contributed by atoms with van der Waals surface area (Å²) in [6, 6.07) is 1.78. The van der Waals surface area contributed by atoms with Gasteiger partial charge in [-0.15, -0.1) is 0 Å². The lowest BCUT2D eigenvalue weighted by Gasteiger charge is -2.05. The van der Waals surface area contributed by atoms with Crippen molar-refractivity contribution in [1.29, 1.82) is 0 Å². The van der Waals surface area contributed by atoms with E-state index in [2.05, 4.69) is 10.1 Å². The highest BCUT2D eigenvalue weighted by molar-refractivity contribution is 5.88. The molecule has 16 heavy (non-hydrogen) atoms. The Labute approximate surface area is 91.7 Å². The number of fused-ring (bicyclic) bond motifs is 1. The topological polar surface area (TPSA) is 67.5 Å². The predicted molar refractivity (Wildman–Crippen MR) is 56.7 cm³/mol. The highest BCUT2D eigenvalue weighted by Crippen LogP contribution is 2.41. The van der Waals surface area contributed by atoms with Crippen LogP contribution < -0.4 is 0 Å². The molecule has 1 N–H and O–H groups in total. The zero-order chi connectivity index (χ0) is 11.3. The summed E-state index contributed by atoms with van der Waals surface area (Å²) in [7, 11) is 0. The second-order valence-electron chi connectivity index (χ2n) is 4.20. The van der Waals surface area contributed by atoms with Gasteiger partial charge in [-0.1, -0.05) is 0 Å². The third-order valence-corrected chi connectivity index (χ3v) is 2.85. The molecule has 0 unspecified atom stereocenters. The van der Waals surface area contributed by atoms with Crippen molar-refractivity contribution in [2.75, 3.05) is 0 Å². The van der Waals surface area contributed by atoms with Gasteiger partial charge in [-0.2, -0.15) is 5.10 Å². The van der Waals surface area contributed by atoms with Gasteiger partial charge in [0.15, 0.2) is 11.3 Å². The van der Waals surface area contributed by atoms with Crippen LogP contribution in [0, 0.1) is 6.92 Å². The maximum Gasteiger partial charge on any atom is 0.354 e. The standard InChI is InChI=1S/C11H11N3O2/c1-6-4-9-12-5-8(7-2-3-7)10(11(15)16)14(9)13-6/h4-5,7H,2-3H2,1H3,(H,15,16). The molecule has 0 bridgehead atoms. The van der Waals surface area contributed by atoms with Crippen molar-refractivity contribution in [3.8, 4) is 0 Å². The van der Waals surface area contributed by atoms with Gasteiger partial charge < -0.3 is 5.11 Å². The normalized spacial score (nSPS) is 15.6. The van der Waals surface area contributed by atoms with Crippen molar-refractivity contribution in [2.45, 2.75) is 25.7 Å². The van der Waals surface area contributed by atoms with Crippen LogP contribution in [0.3, 0.4) is 0 Å². The first kappa shape index (κ1) is 9.33. The van der Waals surface area contributed by atoms with E-state index in [9.17, 15) is 9.90 Å². The van der Waals surface area contributed by atoms with Crippen LogP contribution in [0.15, 0.2) is 12.3 Å². The van der Waals surface area contributed by atoms with Gasteiger partial charge in [0.05, 0.1) is 5.69 Å². The average molecular weight is 217 g/mol. The van der Waals surface area contributed by atoms with Crippen LogP contribution in [-0.4, -0.2) is 25.7 Å². The molecule has 0 aliphatic heterocycles. The summed E-state index contributed by atoms with van der Waals surface area (Å²) >= 11 is 0. The summed E-state index contributed by atoms with van der Waals surface area (Å²) in [4.78, 5) is 15.5. The van der Waals surface area contributed by atoms with E-state index in [4.69, 9.17) is 0 Å². The predicted octanol–water partition coefficient (Wildman–Crippen LogP) is 1.61. The molecule has 5 heteroatoms. The number of aromatic carboxylic acids is 1. The molecule has 2 aromatic heterocycles. The lowest BCUT2D eigenvalue weighted by atomic mass is 10.1. The fourth-order valence-corrected chi connectivity index (χ4v) is 1.97. The molecule has 0 radical (unpaired) electrons. The van der Waals surface area contributed by atoms with Gasteiger partial charge >= 0.3 is 5.97 Å². The van der Waals surface area contributed by atoms with Crippen molar-refractivity contribution >= 4 is 11.6 Å². The summed E-state index contributed by atoms with van der Waals surface area (Å²) in [6.45, 7) is 1.83. The molecular formula is C11H11N3O2. The lowest BCUT2D eigenvalue weighted by Crippen LogP contribution is -2.11. The van der Waals surface area contributed by atoms with Crippen molar-refractivity contribution < 1.29 is 9.90 Å². The van der Waals surface area contributed by atoms with Gasteiger partial charge in [0.2, 0.25) is 0 Å². The van der Waals surface area contributed by atoms with E-state index in [0.29, 0.717) is 11.6 Å². The number of carbonyl (C=O) groups is 1. The van der Waals surface area contributed by atoms with Crippen molar-refractivity contribution in [1.82, 2.24) is 14.6 Å². The third-order valence-electron chi connectivity index (χ3n) is 2.85. The molecule has 2 aromatic rings. The summed E-state index contributed by atoms with van der Waals surface area (Å²) in [5.74, 6) is -0.579. The van der Waals surface area contributed by atoms with Crippen LogP contribution in [-0.2, 0) is 0 Å². The Bertz CT molecular complexity index is 584. The van der Waals surface area contributed by atoms with Crippen LogP contribution in [0.2, 0.25) is 0 Å². The lowest BCUT2D eigenvalue weighted by molar-refractivity contribution is 0.0685. The molecule has 1 aliphatic rings. The number of hydrogen-bond acceptors (Lipinski definition) is 3. The van der Waals surface area contributed by atoms with Gasteiger partial charge in [0.1, 0.15) is 0 Å². The highest BCUT2D eigenvalue weighted by atomic mass is 16.4. The maximum absolute atomic E-state index is 11.3. The molecular weight excluding hydrogens is 206 g/mol. The molecule has 0 spiro atoms. The van der Waals surface area contributed by atoms with E-state index in [1.54, 1.807) is 12.3 Å². The zero-order valence-electron chi connectivity index (χ0n) is 8.84. The minimum absolute atomic E-state index is 0.264. The number of hydrogen-bond donors (Lipinski definition) is 1. The first-order chi connectivity index (χ1) is 7.66. The number of nitrogens with zero attached hydrogens (tertiary/aromatic N) is 3. The molecule has 1 aliphatic carbocycles. The molecule has 3 rings (SSSR count). The summed E-state index contributed by atoms with van der Waals surface area (Å²) in [6.07, 6.45) is 3.78. The van der Waals surface area contributed by atoms with Crippen LogP contribution in [0.4, 0.5) is 0 Å². The maximum atomic E-state index is 11.3. The summed E-state index contributed by atoms with van der Waals surface area (Å²) in [5.41, 5.74) is 2.45. The van der Waals surface area contributed by atoms with E-state index >= 15 is 0 Å². The van der Waals surface area contributed by atoms with Crippen LogP contribution in [0.25, 0.3) is 5.65 Å². The molecule has 1 saturated carbocycles. The fourth-order valence-electron chi connectivity index (χ4n) is 1.97. The van der Waals surface area contributed by atoms with Gasteiger partial charge in [0, 0.05) is 17.8 Å². The van der Waals surface area contributed by atoms with Crippen LogP contribution in [0.5, 0.6) is 0 Å². The van der Waals surface area contributed by atoms with E-state index in [-0.39, 0.29) is 5.69 Å². The Kier molecular flexibility index (Phi) is 1.77. The van der Waals surface area contributed by atoms with Crippen LogP contribution >= 0.6 is 0 Å². The van der Waals surface area contributed by atoms with Crippen molar-refractivity contribution in [2.24, 2.45) is 0 Å². The minimum atomic E-state index is -0.933. The van der Waals surface area contributed by atoms with E-state index in [1.165, 1.54) is 4.52 Å².